The quantitative estimate of drug-likeness (QED) is 0.657. The Kier molecular flexibility index (Phi) is 7.49. The molecule has 0 fully saturated rings. The number of sulfonamides is 1. The molecule has 0 unspecified atom stereocenters. The van der Waals surface area contributed by atoms with Gasteiger partial charge in [0.05, 0.1) is 23.1 Å². The van der Waals surface area contributed by atoms with Crippen molar-refractivity contribution < 1.29 is 17.9 Å². The van der Waals surface area contributed by atoms with Crippen LogP contribution in [0.5, 0.6) is 5.75 Å². The third-order valence-corrected chi connectivity index (χ3v) is 6.12. The van der Waals surface area contributed by atoms with E-state index in [1.54, 1.807) is 0 Å². The van der Waals surface area contributed by atoms with Crippen molar-refractivity contribution in [3.63, 3.8) is 0 Å². The van der Waals surface area contributed by atoms with Crippen LogP contribution in [0.2, 0.25) is 5.02 Å². The lowest BCUT2D eigenvalue weighted by Crippen LogP contribution is -2.45. The molecule has 0 spiro atoms. The third-order valence-electron chi connectivity index (χ3n) is 4.29. The van der Waals surface area contributed by atoms with Gasteiger partial charge >= 0.3 is 0 Å². The lowest BCUT2D eigenvalue weighted by molar-refractivity contribution is -0.122. The number of nitrogens with one attached hydrogen (secondary N) is 2. The van der Waals surface area contributed by atoms with E-state index >= 15 is 0 Å². The van der Waals surface area contributed by atoms with Gasteiger partial charge in [-0.2, -0.15) is 4.72 Å². The summed E-state index contributed by atoms with van der Waals surface area (Å²) in [4.78, 5) is 12.1. The van der Waals surface area contributed by atoms with Gasteiger partial charge in [0.2, 0.25) is 15.9 Å². The molecular weight excluding hydrogens is 376 g/mol. The molecule has 2 rings (SSSR count). The van der Waals surface area contributed by atoms with Crippen molar-refractivity contribution in [1.29, 1.82) is 0 Å². The minimum atomic E-state index is -3.86. The number of rotatable bonds is 8. The summed E-state index contributed by atoms with van der Waals surface area (Å²) in [6.45, 7) is 2.02. The number of hydrogen-bond donors (Lipinski definition) is 2. The first-order valence-electron chi connectivity index (χ1n) is 8.65. The Morgan fingerprint density at radius 3 is 2.73 bits per heavy atom. The summed E-state index contributed by atoms with van der Waals surface area (Å²) in [6, 6.07) is 3.26. The lowest BCUT2D eigenvalue weighted by atomic mass is 9.97. The Morgan fingerprint density at radius 2 is 2.12 bits per heavy atom. The second-order valence-corrected chi connectivity index (χ2v) is 8.41. The van der Waals surface area contributed by atoms with Crippen molar-refractivity contribution in [3.05, 3.63) is 34.9 Å². The maximum absolute atomic E-state index is 12.4. The monoisotopic (exact) mass is 400 g/mol. The second-order valence-electron chi connectivity index (χ2n) is 6.29. The summed E-state index contributed by atoms with van der Waals surface area (Å²) in [6.07, 6.45) is 7.64. The molecule has 0 saturated heterocycles. The van der Waals surface area contributed by atoms with Crippen LogP contribution in [0.4, 0.5) is 0 Å². The van der Waals surface area contributed by atoms with Gasteiger partial charge in [-0.3, -0.25) is 4.79 Å². The molecule has 26 heavy (non-hydrogen) atoms. The smallest absolute Gasteiger partial charge is 0.241 e. The number of benzene rings is 1. The fraction of sp³-hybridized carbons (Fsp3) is 0.500. The summed E-state index contributed by atoms with van der Waals surface area (Å²) in [5.74, 6) is 0.0259. The number of allylic oxidation sites excluding steroid dienone is 1. The summed E-state index contributed by atoms with van der Waals surface area (Å²) < 4.78 is 32.2. The molecule has 0 radical (unpaired) electrons. The van der Waals surface area contributed by atoms with E-state index in [-0.39, 0.29) is 15.8 Å². The highest BCUT2D eigenvalue weighted by Gasteiger charge is 2.22. The first-order valence-corrected chi connectivity index (χ1v) is 10.5. The SMILES string of the molecule is COc1ccc(S(=O)(=O)N[C@H](C)C(=O)NCCC2=CCCCC2)cc1Cl. The number of ether oxygens (including phenoxy) is 1. The van der Waals surface area contributed by atoms with Crippen molar-refractivity contribution >= 4 is 27.5 Å². The highest BCUT2D eigenvalue weighted by molar-refractivity contribution is 7.89. The van der Waals surface area contributed by atoms with Crippen molar-refractivity contribution in [2.45, 2.75) is 50.0 Å². The van der Waals surface area contributed by atoms with E-state index in [9.17, 15) is 13.2 Å². The number of methoxy groups -OCH3 is 1. The van der Waals surface area contributed by atoms with Crippen molar-refractivity contribution in [2.24, 2.45) is 0 Å². The first kappa shape index (κ1) is 20.7. The molecule has 1 aliphatic rings. The number of halogens is 1. The summed E-state index contributed by atoms with van der Waals surface area (Å²) in [5.41, 5.74) is 1.36. The first-order chi connectivity index (χ1) is 12.3. The number of hydrogen-bond acceptors (Lipinski definition) is 4. The van der Waals surface area contributed by atoms with Crippen LogP contribution >= 0.6 is 11.6 Å². The summed E-state index contributed by atoms with van der Waals surface area (Å²) >= 11 is 5.98. The highest BCUT2D eigenvalue weighted by Crippen LogP contribution is 2.27. The second kappa shape index (κ2) is 9.39. The molecule has 1 amide bonds. The van der Waals surface area contributed by atoms with E-state index in [1.807, 2.05) is 0 Å². The normalized spacial score (nSPS) is 15.9. The van der Waals surface area contributed by atoms with E-state index in [0.29, 0.717) is 12.3 Å². The molecule has 0 saturated carbocycles. The van der Waals surface area contributed by atoms with Crippen LogP contribution in [0.1, 0.15) is 39.0 Å². The molecule has 0 aliphatic heterocycles. The van der Waals surface area contributed by atoms with Gasteiger partial charge < -0.3 is 10.1 Å². The predicted octanol–water partition coefficient (Wildman–Crippen LogP) is 3.02. The van der Waals surface area contributed by atoms with Gasteiger partial charge in [-0.1, -0.05) is 23.3 Å². The Hall–Kier alpha value is -1.57. The molecule has 1 aromatic rings. The minimum absolute atomic E-state index is 0.0182. The zero-order valence-corrected chi connectivity index (χ0v) is 16.6. The minimum Gasteiger partial charge on any atom is -0.495 e. The molecule has 1 aliphatic carbocycles. The van der Waals surface area contributed by atoms with Crippen LogP contribution in [0, 0.1) is 0 Å². The fourth-order valence-electron chi connectivity index (χ4n) is 2.80. The van der Waals surface area contributed by atoms with E-state index in [1.165, 1.54) is 50.6 Å². The summed E-state index contributed by atoms with van der Waals surface area (Å²) in [5, 5.41) is 2.97. The fourth-order valence-corrected chi connectivity index (χ4v) is 4.35. The van der Waals surface area contributed by atoms with Gasteiger partial charge in [-0.05, 0) is 57.2 Å². The van der Waals surface area contributed by atoms with Gasteiger partial charge in [0.25, 0.3) is 0 Å². The number of amides is 1. The highest BCUT2D eigenvalue weighted by atomic mass is 35.5. The summed E-state index contributed by atoms with van der Waals surface area (Å²) in [7, 11) is -2.41. The van der Waals surface area contributed by atoms with Crippen LogP contribution in [0.25, 0.3) is 0 Å². The zero-order chi connectivity index (χ0) is 19.2. The Balaban J connectivity index is 1.90. The molecule has 144 valence electrons. The van der Waals surface area contributed by atoms with Gasteiger partial charge in [-0.15, -0.1) is 0 Å². The number of carbonyl (C=O) groups is 1. The lowest BCUT2D eigenvalue weighted by Gasteiger charge is -2.16. The standard InChI is InChI=1S/C18H25ClN2O4S/c1-13(18(22)20-11-10-14-6-4-3-5-7-14)21-26(23,24)15-8-9-17(25-2)16(19)12-15/h6,8-9,12-13,21H,3-5,7,10-11H2,1-2H3,(H,20,22)/t13-/m1/s1. The average molecular weight is 401 g/mol. The Bertz CT molecular complexity index is 777. The van der Waals surface area contributed by atoms with Crippen LogP contribution in [0.3, 0.4) is 0 Å². The molecule has 6 nitrogen and oxygen atoms in total. The zero-order valence-electron chi connectivity index (χ0n) is 15.0. The maximum atomic E-state index is 12.4. The Labute approximate surface area is 160 Å². The van der Waals surface area contributed by atoms with Crippen LogP contribution < -0.4 is 14.8 Å². The maximum Gasteiger partial charge on any atom is 0.241 e. The van der Waals surface area contributed by atoms with E-state index < -0.39 is 16.1 Å². The van der Waals surface area contributed by atoms with Gasteiger partial charge in [0, 0.05) is 6.54 Å². The molecule has 1 aromatic carbocycles. The third kappa shape index (κ3) is 5.72. The van der Waals surface area contributed by atoms with Crippen LogP contribution in [-0.2, 0) is 14.8 Å². The topological polar surface area (TPSA) is 84.5 Å². The van der Waals surface area contributed by atoms with Crippen molar-refractivity contribution in [3.8, 4) is 5.75 Å². The van der Waals surface area contributed by atoms with E-state index in [4.69, 9.17) is 16.3 Å². The largest absolute Gasteiger partial charge is 0.495 e. The Morgan fingerprint density at radius 1 is 1.35 bits per heavy atom. The van der Waals surface area contributed by atoms with Crippen molar-refractivity contribution in [1.82, 2.24) is 10.0 Å². The molecule has 0 aromatic heterocycles. The van der Waals surface area contributed by atoms with Crippen molar-refractivity contribution in [2.75, 3.05) is 13.7 Å². The molecule has 2 N–H and O–H groups in total. The predicted molar refractivity (Wildman–Crippen MR) is 102 cm³/mol. The van der Waals surface area contributed by atoms with Crippen LogP contribution in [0.15, 0.2) is 34.7 Å². The van der Waals surface area contributed by atoms with E-state index in [0.717, 1.165) is 19.3 Å². The molecule has 0 heterocycles. The van der Waals surface area contributed by atoms with Crippen LogP contribution in [-0.4, -0.2) is 34.0 Å². The number of carbonyl (C=O) groups excluding carboxylic acids is 1. The van der Waals surface area contributed by atoms with Gasteiger partial charge in [0.15, 0.2) is 0 Å². The molecule has 0 bridgehead atoms. The van der Waals surface area contributed by atoms with Gasteiger partial charge in [-0.25, -0.2) is 8.42 Å². The molecule has 8 heteroatoms. The van der Waals surface area contributed by atoms with E-state index in [2.05, 4.69) is 16.1 Å². The molecule has 1 atom stereocenters. The van der Waals surface area contributed by atoms with Gasteiger partial charge in [0.1, 0.15) is 5.75 Å². The molecular formula is C18H25ClN2O4S. The average Bonchev–Trinajstić information content (AvgIpc) is 2.62.